The van der Waals surface area contributed by atoms with Crippen molar-refractivity contribution in [1.29, 1.82) is 0 Å². The van der Waals surface area contributed by atoms with Gasteiger partial charge in [0.1, 0.15) is 0 Å². The molecular formula is C17H25NO. The molecule has 0 saturated heterocycles. The zero-order valence-electron chi connectivity index (χ0n) is 12.3. The quantitative estimate of drug-likeness (QED) is 0.411. The zero-order chi connectivity index (χ0) is 14.3. The summed E-state index contributed by atoms with van der Waals surface area (Å²) in [6.45, 7) is 10.3. The van der Waals surface area contributed by atoms with E-state index >= 15 is 0 Å². The van der Waals surface area contributed by atoms with Crippen LogP contribution in [0.15, 0.2) is 36.0 Å². The summed E-state index contributed by atoms with van der Waals surface area (Å²) in [5.74, 6) is 0.343. The second-order valence-corrected chi connectivity index (χ2v) is 5.12. The van der Waals surface area contributed by atoms with Crippen molar-refractivity contribution in [3.05, 3.63) is 42.0 Å². The highest BCUT2D eigenvalue weighted by Crippen LogP contribution is 2.22. The van der Waals surface area contributed by atoms with Gasteiger partial charge in [-0.15, -0.1) is 0 Å². The van der Waals surface area contributed by atoms with E-state index in [-0.39, 0.29) is 0 Å². The minimum atomic E-state index is 0.343. The van der Waals surface area contributed by atoms with Gasteiger partial charge in [-0.25, -0.2) is 0 Å². The first kappa shape index (κ1) is 15.5. The summed E-state index contributed by atoms with van der Waals surface area (Å²) in [7, 11) is 0. The smallest absolute Gasteiger partial charge is 0.0898 e. The molecule has 1 N–H and O–H groups in total. The van der Waals surface area contributed by atoms with Gasteiger partial charge >= 0.3 is 0 Å². The molecule has 0 unspecified atom stereocenters. The summed E-state index contributed by atoms with van der Waals surface area (Å²) >= 11 is 0. The molecule has 1 rings (SSSR count). The molecular weight excluding hydrogens is 234 g/mol. The molecule has 2 heteroatoms. The molecule has 19 heavy (non-hydrogen) atoms. The van der Waals surface area contributed by atoms with Crippen LogP contribution in [0.5, 0.6) is 0 Å². The lowest BCUT2D eigenvalue weighted by Crippen LogP contribution is -2.16. The Labute approximate surface area is 116 Å². The van der Waals surface area contributed by atoms with Crippen LogP contribution in [0.3, 0.4) is 0 Å². The molecule has 1 aromatic carbocycles. The van der Waals surface area contributed by atoms with Gasteiger partial charge in [-0.1, -0.05) is 68.3 Å². The van der Waals surface area contributed by atoms with Crippen molar-refractivity contribution in [2.24, 2.45) is 11.1 Å². The molecule has 0 aliphatic heterocycles. The van der Waals surface area contributed by atoms with Gasteiger partial charge in [0, 0.05) is 5.92 Å². The maximum atomic E-state index is 9.35. The summed E-state index contributed by atoms with van der Waals surface area (Å²) < 4.78 is 0. The summed E-state index contributed by atoms with van der Waals surface area (Å²) in [5, 5.41) is 12.9. The maximum Gasteiger partial charge on any atom is 0.0898 e. The van der Waals surface area contributed by atoms with Crippen LogP contribution in [0.25, 0.3) is 5.57 Å². The number of rotatable bonds is 7. The van der Waals surface area contributed by atoms with Gasteiger partial charge in [0.25, 0.3) is 0 Å². The lowest BCUT2D eigenvalue weighted by atomic mass is 9.88. The summed E-state index contributed by atoms with van der Waals surface area (Å²) in [6.07, 6.45) is 4.34. The second-order valence-electron chi connectivity index (χ2n) is 5.12. The first-order valence-electron chi connectivity index (χ1n) is 7.12. The van der Waals surface area contributed by atoms with Crippen molar-refractivity contribution in [2.45, 2.75) is 46.5 Å². The zero-order valence-corrected chi connectivity index (χ0v) is 12.3. The van der Waals surface area contributed by atoms with Gasteiger partial charge in [-0.3, -0.25) is 0 Å². The van der Waals surface area contributed by atoms with E-state index in [1.807, 2.05) is 31.2 Å². The highest BCUT2D eigenvalue weighted by Gasteiger charge is 2.17. The molecule has 0 heterocycles. The Morgan fingerprint density at radius 1 is 1.11 bits per heavy atom. The summed E-state index contributed by atoms with van der Waals surface area (Å²) in [5.41, 5.74) is 4.01. The van der Waals surface area contributed by atoms with Crippen LogP contribution >= 0.6 is 0 Å². The minimum Gasteiger partial charge on any atom is -0.411 e. The highest BCUT2D eigenvalue weighted by molar-refractivity contribution is 6.02. The normalized spacial score (nSPS) is 11.9. The first-order chi connectivity index (χ1) is 9.13. The Bertz CT molecular complexity index is 425. The summed E-state index contributed by atoms with van der Waals surface area (Å²) in [6, 6.07) is 8.13. The first-order valence-corrected chi connectivity index (χ1v) is 7.12. The predicted molar refractivity (Wildman–Crippen MR) is 82.8 cm³/mol. The largest absolute Gasteiger partial charge is 0.411 e. The molecule has 0 atom stereocenters. The van der Waals surface area contributed by atoms with Crippen molar-refractivity contribution in [3.63, 3.8) is 0 Å². The number of hydrogen-bond acceptors (Lipinski definition) is 2. The fourth-order valence-electron chi connectivity index (χ4n) is 2.42. The van der Waals surface area contributed by atoms with E-state index in [4.69, 9.17) is 0 Å². The van der Waals surface area contributed by atoms with Gasteiger partial charge in [-0.05, 0) is 30.9 Å². The number of benzene rings is 1. The standard InChI is InChI=1S/C17H25NO/c1-5-7-15(8-6-2)17(18-19)16-11-9-14(10-12-16)13(3)4/h9-12,15,19H,3,5-8H2,1-2,4H3. The molecule has 0 aromatic heterocycles. The van der Waals surface area contributed by atoms with E-state index in [1.54, 1.807) is 0 Å². The molecule has 2 nitrogen and oxygen atoms in total. The molecule has 0 fully saturated rings. The lowest BCUT2D eigenvalue weighted by molar-refractivity contribution is 0.313. The van der Waals surface area contributed by atoms with Crippen molar-refractivity contribution < 1.29 is 5.21 Å². The van der Waals surface area contributed by atoms with Gasteiger partial charge in [-0.2, -0.15) is 0 Å². The molecule has 0 radical (unpaired) electrons. The van der Waals surface area contributed by atoms with Crippen LogP contribution in [-0.2, 0) is 0 Å². The van der Waals surface area contributed by atoms with Crippen LogP contribution in [0, 0.1) is 5.92 Å². The minimum absolute atomic E-state index is 0.343. The van der Waals surface area contributed by atoms with Gasteiger partial charge in [0.15, 0.2) is 0 Å². The van der Waals surface area contributed by atoms with E-state index in [0.717, 1.165) is 48.1 Å². The Hall–Kier alpha value is -1.57. The van der Waals surface area contributed by atoms with Crippen molar-refractivity contribution in [3.8, 4) is 0 Å². The molecule has 0 spiro atoms. The topological polar surface area (TPSA) is 32.6 Å². The molecule has 0 aliphatic rings. The number of nitrogens with zero attached hydrogens (tertiary/aromatic N) is 1. The Balaban J connectivity index is 2.98. The second kappa shape index (κ2) is 7.78. The van der Waals surface area contributed by atoms with E-state index in [1.165, 1.54) is 0 Å². The maximum absolute atomic E-state index is 9.35. The van der Waals surface area contributed by atoms with Crippen LogP contribution in [-0.4, -0.2) is 10.9 Å². The van der Waals surface area contributed by atoms with E-state index < -0.39 is 0 Å². The van der Waals surface area contributed by atoms with E-state index in [9.17, 15) is 5.21 Å². The number of allylic oxidation sites excluding steroid dienone is 1. The SMILES string of the molecule is C=C(C)c1ccc(C(=NO)C(CCC)CCC)cc1. The average Bonchev–Trinajstić information content (AvgIpc) is 2.40. The molecule has 0 amide bonds. The molecule has 1 aromatic rings. The Kier molecular flexibility index (Phi) is 6.34. The monoisotopic (exact) mass is 259 g/mol. The van der Waals surface area contributed by atoms with Crippen LogP contribution in [0.1, 0.15) is 57.6 Å². The van der Waals surface area contributed by atoms with Gasteiger partial charge in [0.2, 0.25) is 0 Å². The third kappa shape index (κ3) is 4.23. The molecule has 0 aliphatic carbocycles. The Morgan fingerprint density at radius 2 is 1.58 bits per heavy atom. The van der Waals surface area contributed by atoms with Crippen molar-refractivity contribution in [1.82, 2.24) is 0 Å². The number of hydrogen-bond donors (Lipinski definition) is 1. The van der Waals surface area contributed by atoms with Crippen LogP contribution < -0.4 is 0 Å². The fourth-order valence-corrected chi connectivity index (χ4v) is 2.42. The fraction of sp³-hybridized carbons (Fsp3) is 0.471. The molecule has 104 valence electrons. The lowest BCUT2D eigenvalue weighted by Gasteiger charge is -2.17. The third-order valence-electron chi connectivity index (χ3n) is 3.44. The highest BCUT2D eigenvalue weighted by atomic mass is 16.4. The van der Waals surface area contributed by atoms with Gasteiger partial charge < -0.3 is 5.21 Å². The van der Waals surface area contributed by atoms with Crippen LogP contribution in [0.4, 0.5) is 0 Å². The predicted octanol–water partition coefficient (Wildman–Crippen LogP) is 5.11. The van der Waals surface area contributed by atoms with E-state index in [0.29, 0.717) is 5.92 Å². The van der Waals surface area contributed by atoms with Crippen molar-refractivity contribution in [2.75, 3.05) is 0 Å². The average molecular weight is 259 g/mol. The molecule has 0 bridgehead atoms. The number of oxime groups is 1. The molecule has 0 saturated carbocycles. The Morgan fingerprint density at radius 3 is 1.95 bits per heavy atom. The van der Waals surface area contributed by atoms with Crippen LogP contribution in [0.2, 0.25) is 0 Å². The summed E-state index contributed by atoms with van der Waals surface area (Å²) in [4.78, 5) is 0. The van der Waals surface area contributed by atoms with Gasteiger partial charge in [0.05, 0.1) is 5.71 Å². The third-order valence-corrected chi connectivity index (χ3v) is 3.44. The van der Waals surface area contributed by atoms with Crippen molar-refractivity contribution >= 4 is 11.3 Å². The van der Waals surface area contributed by atoms with E-state index in [2.05, 4.69) is 25.6 Å².